The first-order chi connectivity index (χ1) is 12.7. The van der Waals surface area contributed by atoms with Gasteiger partial charge in [0.1, 0.15) is 11.7 Å². The molecule has 0 aliphatic carbocycles. The summed E-state index contributed by atoms with van der Waals surface area (Å²) in [6, 6.07) is 11.9. The van der Waals surface area contributed by atoms with E-state index in [1.165, 1.54) is 0 Å². The summed E-state index contributed by atoms with van der Waals surface area (Å²) < 4.78 is 7.48. The molecule has 4 aromatic rings. The molecule has 3 aromatic heterocycles. The highest BCUT2D eigenvalue weighted by atomic mass is 16.5. The van der Waals surface area contributed by atoms with Crippen LogP contribution in [-0.2, 0) is 6.42 Å². The van der Waals surface area contributed by atoms with Gasteiger partial charge in [-0.2, -0.15) is 10.1 Å². The van der Waals surface area contributed by atoms with Gasteiger partial charge in [-0.15, -0.1) is 0 Å². The average molecular weight is 348 g/mol. The molecule has 0 aliphatic rings. The molecular weight excluding hydrogens is 328 g/mol. The topological polar surface area (TPSA) is 85.4 Å². The Labute approximate surface area is 151 Å². The third-order valence-corrected chi connectivity index (χ3v) is 4.36. The minimum atomic E-state index is -0.153. The molecule has 7 nitrogen and oxygen atoms in total. The van der Waals surface area contributed by atoms with E-state index < -0.39 is 0 Å². The minimum absolute atomic E-state index is 0.153. The number of aromatic amines is 1. The van der Waals surface area contributed by atoms with Crippen LogP contribution in [0.1, 0.15) is 37.3 Å². The van der Waals surface area contributed by atoms with Gasteiger partial charge in [0, 0.05) is 17.7 Å². The van der Waals surface area contributed by atoms with Crippen LogP contribution >= 0.6 is 0 Å². The Bertz CT molecular complexity index is 1010. The number of H-pyrrole nitrogens is 1. The van der Waals surface area contributed by atoms with E-state index in [9.17, 15) is 0 Å². The molecule has 1 atom stereocenters. The maximum absolute atomic E-state index is 5.44. The minimum Gasteiger partial charge on any atom is -0.337 e. The third kappa shape index (κ3) is 2.81. The quantitative estimate of drug-likeness (QED) is 0.593. The van der Waals surface area contributed by atoms with Gasteiger partial charge < -0.3 is 9.09 Å². The van der Waals surface area contributed by atoms with E-state index in [0.29, 0.717) is 11.7 Å². The summed E-state index contributed by atoms with van der Waals surface area (Å²) in [7, 11) is 0. The number of hydrogen-bond donors (Lipinski definition) is 1. The third-order valence-electron chi connectivity index (χ3n) is 4.36. The van der Waals surface area contributed by atoms with Crippen molar-refractivity contribution in [3.63, 3.8) is 0 Å². The highest BCUT2D eigenvalue weighted by Crippen LogP contribution is 2.33. The van der Waals surface area contributed by atoms with Crippen LogP contribution in [0, 0.1) is 6.92 Å². The number of benzene rings is 1. The van der Waals surface area contributed by atoms with Gasteiger partial charge >= 0.3 is 0 Å². The maximum atomic E-state index is 5.44. The first-order valence-electron chi connectivity index (χ1n) is 8.64. The maximum Gasteiger partial charge on any atom is 0.249 e. The number of nitrogens with one attached hydrogen (secondary N) is 1. The van der Waals surface area contributed by atoms with Crippen molar-refractivity contribution in [2.75, 3.05) is 0 Å². The normalized spacial score (nSPS) is 12.4. The molecule has 7 heteroatoms. The largest absolute Gasteiger partial charge is 0.337 e. The summed E-state index contributed by atoms with van der Waals surface area (Å²) >= 11 is 0. The molecule has 26 heavy (non-hydrogen) atoms. The van der Waals surface area contributed by atoms with E-state index in [2.05, 4.69) is 25.3 Å². The molecule has 3 heterocycles. The molecular formula is C19H20N6O. The van der Waals surface area contributed by atoms with Crippen molar-refractivity contribution in [3.8, 4) is 22.6 Å². The van der Waals surface area contributed by atoms with Crippen molar-refractivity contribution in [1.29, 1.82) is 0 Å². The van der Waals surface area contributed by atoms with Gasteiger partial charge in [-0.3, -0.25) is 5.10 Å². The van der Waals surface area contributed by atoms with Gasteiger partial charge in [-0.1, -0.05) is 42.4 Å². The van der Waals surface area contributed by atoms with E-state index >= 15 is 0 Å². The monoisotopic (exact) mass is 348 g/mol. The first-order valence-corrected chi connectivity index (χ1v) is 8.64. The Morgan fingerprint density at radius 2 is 2.04 bits per heavy atom. The van der Waals surface area contributed by atoms with Gasteiger partial charge in [0.05, 0.1) is 17.7 Å². The Morgan fingerprint density at radius 1 is 1.23 bits per heavy atom. The molecule has 0 saturated carbocycles. The van der Waals surface area contributed by atoms with E-state index in [-0.39, 0.29) is 6.04 Å². The molecule has 0 bridgehead atoms. The zero-order chi connectivity index (χ0) is 18.1. The van der Waals surface area contributed by atoms with Gasteiger partial charge in [0.25, 0.3) is 0 Å². The van der Waals surface area contributed by atoms with Gasteiger partial charge in [-0.25, -0.2) is 4.98 Å². The van der Waals surface area contributed by atoms with Crippen LogP contribution in [0.15, 0.2) is 47.2 Å². The van der Waals surface area contributed by atoms with Crippen molar-refractivity contribution in [2.45, 2.75) is 33.2 Å². The van der Waals surface area contributed by atoms with E-state index in [1.807, 2.05) is 68.1 Å². The summed E-state index contributed by atoms with van der Waals surface area (Å²) in [6.45, 7) is 6.00. The van der Waals surface area contributed by atoms with Crippen LogP contribution in [0.2, 0.25) is 0 Å². The number of rotatable bonds is 5. The van der Waals surface area contributed by atoms with Crippen LogP contribution < -0.4 is 0 Å². The second kappa shape index (κ2) is 6.59. The Balaban J connectivity index is 1.86. The SMILES string of the molecule is CCc1noc([C@@H](C)n2cnc(-c3ccccc3)c2-c2cc(C)[nH]n2)n1. The molecule has 0 radical (unpaired) electrons. The van der Waals surface area contributed by atoms with Crippen LogP contribution in [0.25, 0.3) is 22.6 Å². The lowest BCUT2D eigenvalue weighted by molar-refractivity contribution is 0.343. The summed E-state index contributed by atoms with van der Waals surface area (Å²) in [6.07, 6.45) is 2.54. The van der Waals surface area contributed by atoms with Crippen molar-refractivity contribution < 1.29 is 4.52 Å². The Kier molecular flexibility index (Phi) is 4.12. The Hall–Kier alpha value is -3.22. The predicted molar refractivity (Wildman–Crippen MR) is 97.5 cm³/mol. The molecule has 1 N–H and O–H groups in total. The lowest BCUT2D eigenvalue weighted by Gasteiger charge is -2.13. The fourth-order valence-corrected chi connectivity index (χ4v) is 2.95. The van der Waals surface area contributed by atoms with Crippen LogP contribution in [0.4, 0.5) is 0 Å². The number of imidazole rings is 1. The van der Waals surface area contributed by atoms with Crippen molar-refractivity contribution in [3.05, 3.63) is 60.1 Å². The number of aryl methyl sites for hydroxylation is 2. The highest BCUT2D eigenvalue weighted by molar-refractivity contribution is 5.77. The van der Waals surface area contributed by atoms with Gasteiger partial charge in [-0.05, 0) is 19.9 Å². The zero-order valence-corrected chi connectivity index (χ0v) is 15.0. The smallest absolute Gasteiger partial charge is 0.249 e. The first kappa shape index (κ1) is 16.3. The van der Waals surface area contributed by atoms with E-state index in [1.54, 1.807) is 0 Å². The fourth-order valence-electron chi connectivity index (χ4n) is 2.95. The lowest BCUT2D eigenvalue weighted by atomic mass is 10.1. The van der Waals surface area contributed by atoms with Crippen molar-refractivity contribution in [2.24, 2.45) is 0 Å². The fraction of sp³-hybridized carbons (Fsp3) is 0.263. The number of hydrogen-bond acceptors (Lipinski definition) is 5. The molecule has 0 amide bonds. The van der Waals surface area contributed by atoms with Crippen LogP contribution in [-0.4, -0.2) is 29.9 Å². The summed E-state index contributed by atoms with van der Waals surface area (Å²) in [5.41, 5.74) is 4.66. The number of aromatic nitrogens is 6. The molecule has 0 spiro atoms. The van der Waals surface area contributed by atoms with Gasteiger partial charge in [0.15, 0.2) is 5.82 Å². The molecule has 1 aromatic carbocycles. The lowest BCUT2D eigenvalue weighted by Crippen LogP contribution is -2.08. The van der Waals surface area contributed by atoms with Crippen LogP contribution in [0.5, 0.6) is 0 Å². The number of nitrogens with zero attached hydrogens (tertiary/aromatic N) is 5. The van der Waals surface area contributed by atoms with Gasteiger partial charge in [0.2, 0.25) is 5.89 Å². The molecule has 0 saturated heterocycles. The second-order valence-electron chi connectivity index (χ2n) is 6.23. The highest BCUT2D eigenvalue weighted by Gasteiger charge is 2.24. The van der Waals surface area contributed by atoms with Crippen LogP contribution in [0.3, 0.4) is 0 Å². The predicted octanol–water partition coefficient (Wildman–Crippen LogP) is 3.80. The van der Waals surface area contributed by atoms with Crippen molar-refractivity contribution in [1.82, 2.24) is 29.9 Å². The Morgan fingerprint density at radius 3 is 2.69 bits per heavy atom. The molecule has 4 rings (SSSR count). The van der Waals surface area contributed by atoms with Crippen molar-refractivity contribution >= 4 is 0 Å². The molecule has 132 valence electrons. The molecule has 0 aliphatic heterocycles. The standard InChI is InChI=1S/C19H20N6O/c1-4-16-21-19(26-24-16)13(3)25-11-20-17(14-8-6-5-7-9-14)18(25)15-10-12(2)22-23-15/h5-11,13H,4H2,1-3H3,(H,22,23)/t13-/m1/s1. The second-order valence-corrected chi connectivity index (χ2v) is 6.23. The molecule has 0 unspecified atom stereocenters. The summed E-state index contributed by atoms with van der Waals surface area (Å²) in [5, 5.41) is 11.5. The van der Waals surface area contributed by atoms with E-state index in [4.69, 9.17) is 4.52 Å². The zero-order valence-electron chi connectivity index (χ0n) is 15.0. The summed E-state index contributed by atoms with van der Waals surface area (Å²) in [4.78, 5) is 9.14. The average Bonchev–Trinajstić information content (AvgIpc) is 3.40. The molecule has 0 fully saturated rings. The summed E-state index contributed by atoms with van der Waals surface area (Å²) in [5.74, 6) is 1.26. The van der Waals surface area contributed by atoms with E-state index in [0.717, 1.165) is 34.8 Å².